The molecule has 0 bridgehead atoms. The van der Waals surface area contributed by atoms with Crippen LogP contribution in [0.1, 0.15) is 91.9 Å². The minimum absolute atomic E-state index is 0.0154. The largest absolute Gasteiger partial charge is 0.494 e. The Hall–Kier alpha value is -1.30. The van der Waals surface area contributed by atoms with Gasteiger partial charge in [0, 0.05) is 12.3 Å². The molecular weight excluding hydrogens is 953 g/mol. The van der Waals surface area contributed by atoms with E-state index in [2.05, 4.69) is 20.8 Å². The molecule has 414 valence electrons. The highest BCUT2D eigenvalue weighted by Crippen LogP contribution is 2.70. The molecule has 9 aliphatic rings. The first-order chi connectivity index (χ1) is 34.2. The van der Waals surface area contributed by atoms with Crippen LogP contribution in [0.4, 0.5) is 0 Å². The van der Waals surface area contributed by atoms with Crippen LogP contribution in [0.5, 0.6) is 0 Å². The summed E-state index contributed by atoms with van der Waals surface area (Å²) in [5.74, 6) is 3.22. The summed E-state index contributed by atoms with van der Waals surface area (Å²) < 4.78 is 54.7. The maximum atomic E-state index is 11.6. The number of aliphatic hydroxyl groups is 13. The van der Waals surface area contributed by atoms with E-state index in [-0.39, 0.29) is 35.4 Å². The Balaban J connectivity index is 0.847. The van der Waals surface area contributed by atoms with E-state index in [9.17, 15) is 66.4 Å². The Morgan fingerprint density at radius 1 is 0.597 bits per heavy atom. The van der Waals surface area contributed by atoms with Gasteiger partial charge in [0.15, 0.2) is 25.2 Å². The van der Waals surface area contributed by atoms with E-state index in [1.807, 2.05) is 6.92 Å². The van der Waals surface area contributed by atoms with Gasteiger partial charge in [-0.1, -0.05) is 20.8 Å². The highest BCUT2D eigenvalue weighted by atomic mass is 16.8. The molecule has 5 aliphatic heterocycles. The molecule has 0 aromatic carbocycles. The van der Waals surface area contributed by atoms with Crippen molar-refractivity contribution in [2.45, 2.75) is 221 Å². The first kappa shape index (κ1) is 55.5. The topological polar surface area (TPSA) is 346 Å². The molecule has 5 heterocycles. The molecule has 8 fully saturated rings. The fourth-order valence-corrected chi connectivity index (χ4v) is 14.9. The molecule has 29 unspecified atom stereocenters. The molecule has 4 saturated heterocycles. The van der Waals surface area contributed by atoms with E-state index >= 15 is 0 Å². The molecule has 22 heteroatoms. The number of hydrogen-bond donors (Lipinski definition) is 13. The van der Waals surface area contributed by atoms with Crippen LogP contribution in [0.25, 0.3) is 0 Å². The lowest BCUT2D eigenvalue weighted by Crippen LogP contribution is -2.67. The molecule has 0 aromatic rings. The molecule has 72 heavy (non-hydrogen) atoms. The monoisotopic (exact) mass is 1030 g/mol. The Morgan fingerprint density at radius 3 is 1.88 bits per heavy atom. The zero-order valence-corrected chi connectivity index (χ0v) is 41.7. The average Bonchev–Trinajstić information content (AvgIpc) is 3.85. The van der Waals surface area contributed by atoms with Crippen LogP contribution < -0.4 is 0 Å². The van der Waals surface area contributed by atoms with Crippen molar-refractivity contribution in [1.29, 1.82) is 0 Å². The number of aliphatic hydroxyl groups excluding tert-OH is 13. The van der Waals surface area contributed by atoms with Gasteiger partial charge in [0.1, 0.15) is 97.7 Å². The number of ether oxygens (including phenoxy) is 9. The summed E-state index contributed by atoms with van der Waals surface area (Å²) in [6, 6.07) is 0. The number of rotatable bonds is 15. The average molecular weight is 1040 g/mol. The standard InChI is InChI=1S/C50H82O22/c1-20(18-64-45-41(62)38(59)35(56)30(15-51)68-45)5-8-28-21(2)33-29(67-28)14-26-24-7-6-22-13-23(9-11-49(22,3)25(24)10-12-50(26,33)4)66-48-44(72-47-42(63)39(60)36(57)31(16-52)69-47)43(37(58)32(17-53)70-48)71-46-40(61)34(55)27(54)19-65-46/h20,22-27,29-48,51-63H,5-19H2,1-4H3. The normalized spacial score (nSPS) is 53.0. The number of fused-ring (bicyclic) bond motifs is 7. The molecule has 22 nitrogen and oxygen atoms in total. The van der Waals surface area contributed by atoms with Gasteiger partial charge in [0.2, 0.25) is 0 Å². The van der Waals surface area contributed by atoms with Gasteiger partial charge in [-0.3, -0.25) is 0 Å². The van der Waals surface area contributed by atoms with Crippen LogP contribution in [0.2, 0.25) is 0 Å². The second-order valence-corrected chi connectivity index (χ2v) is 23.2. The summed E-state index contributed by atoms with van der Waals surface area (Å²) in [6.07, 6.45) is -20.3. The fraction of sp³-hybridized carbons (Fsp3) is 0.960. The van der Waals surface area contributed by atoms with Crippen molar-refractivity contribution in [1.82, 2.24) is 0 Å². The summed E-state index contributed by atoms with van der Waals surface area (Å²) in [5.41, 5.74) is 1.42. The van der Waals surface area contributed by atoms with Gasteiger partial charge in [0.05, 0.1) is 44.9 Å². The lowest BCUT2D eigenvalue weighted by molar-refractivity contribution is -0.392. The van der Waals surface area contributed by atoms with E-state index in [4.69, 9.17) is 42.6 Å². The minimum atomic E-state index is -1.85. The van der Waals surface area contributed by atoms with Gasteiger partial charge < -0.3 is 109 Å². The van der Waals surface area contributed by atoms with E-state index < -0.39 is 149 Å². The maximum absolute atomic E-state index is 11.6. The lowest BCUT2D eigenvalue weighted by Gasteiger charge is -2.61. The SMILES string of the molecule is CC1=C(CCC(C)COC2OC(CO)C(O)C(O)C2O)OC2CC3C4CCC5CC(OC6OC(CO)C(O)C(OC7OCC(O)C(O)C7O)C6OC6OC(CO)C(O)C(O)C6O)CCC5(C)C4CCC3(C)C12. The molecule has 13 N–H and O–H groups in total. The molecule has 0 amide bonds. The van der Waals surface area contributed by atoms with Crippen LogP contribution in [-0.4, -0.2) is 228 Å². The summed E-state index contributed by atoms with van der Waals surface area (Å²) >= 11 is 0. The van der Waals surface area contributed by atoms with E-state index in [1.54, 1.807) is 0 Å². The smallest absolute Gasteiger partial charge is 0.187 e. The third kappa shape index (κ3) is 10.1. The maximum Gasteiger partial charge on any atom is 0.187 e. The van der Waals surface area contributed by atoms with Crippen LogP contribution >= 0.6 is 0 Å². The summed E-state index contributed by atoms with van der Waals surface area (Å²) in [6.45, 7) is 7.05. The number of allylic oxidation sites excluding steroid dienone is 1. The Morgan fingerprint density at radius 2 is 1.19 bits per heavy atom. The van der Waals surface area contributed by atoms with Crippen LogP contribution in [-0.2, 0) is 42.6 Å². The van der Waals surface area contributed by atoms with Crippen LogP contribution in [0.15, 0.2) is 11.3 Å². The van der Waals surface area contributed by atoms with Gasteiger partial charge in [-0.05, 0) is 111 Å². The first-order valence-electron chi connectivity index (χ1n) is 26.4. The second-order valence-electron chi connectivity index (χ2n) is 23.2. The molecule has 9 rings (SSSR count). The van der Waals surface area contributed by atoms with Crippen molar-refractivity contribution >= 4 is 0 Å². The highest BCUT2D eigenvalue weighted by molar-refractivity contribution is 5.27. The van der Waals surface area contributed by atoms with Gasteiger partial charge in [-0.15, -0.1) is 0 Å². The van der Waals surface area contributed by atoms with Crippen molar-refractivity contribution in [3.8, 4) is 0 Å². The van der Waals surface area contributed by atoms with Crippen molar-refractivity contribution in [2.75, 3.05) is 33.0 Å². The van der Waals surface area contributed by atoms with Crippen molar-refractivity contribution in [3.05, 3.63) is 11.3 Å². The third-order valence-electron chi connectivity index (χ3n) is 19.1. The molecule has 4 aliphatic carbocycles. The Labute approximate surface area is 419 Å². The second kappa shape index (κ2) is 22.2. The third-order valence-corrected chi connectivity index (χ3v) is 19.1. The molecular formula is C50H82O22. The highest BCUT2D eigenvalue weighted by Gasteiger charge is 2.65. The van der Waals surface area contributed by atoms with Gasteiger partial charge in [-0.25, -0.2) is 0 Å². The van der Waals surface area contributed by atoms with Gasteiger partial charge >= 0.3 is 0 Å². The molecule has 0 spiro atoms. The van der Waals surface area contributed by atoms with E-state index in [1.165, 1.54) is 5.57 Å². The van der Waals surface area contributed by atoms with E-state index in [0.29, 0.717) is 36.5 Å². The fourth-order valence-electron chi connectivity index (χ4n) is 14.9. The first-order valence-corrected chi connectivity index (χ1v) is 26.4. The van der Waals surface area contributed by atoms with Gasteiger partial charge in [0.25, 0.3) is 0 Å². The molecule has 4 saturated carbocycles. The Kier molecular flexibility index (Phi) is 17.1. The summed E-state index contributed by atoms with van der Waals surface area (Å²) in [4.78, 5) is 0. The zero-order chi connectivity index (χ0) is 51.7. The molecule has 0 aromatic heterocycles. The minimum Gasteiger partial charge on any atom is -0.494 e. The van der Waals surface area contributed by atoms with Crippen molar-refractivity contribution in [3.63, 3.8) is 0 Å². The zero-order valence-electron chi connectivity index (χ0n) is 41.7. The predicted octanol–water partition coefficient (Wildman–Crippen LogP) is -2.37. The van der Waals surface area contributed by atoms with E-state index in [0.717, 1.165) is 57.1 Å². The lowest BCUT2D eigenvalue weighted by atomic mass is 9.44. The Bertz CT molecular complexity index is 1840. The quantitative estimate of drug-likeness (QED) is 0.0763. The van der Waals surface area contributed by atoms with Gasteiger partial charge in [-0.2, -0.15) is 0 Å². The molecule has 0 radical (unpaired) electrons. The van der Waals surface area contributed by atoms with Crippen LogP contribution in [0.3, 0.4) is 0 Å². The van der Waals surface area contributed by atoms with Crippen LogP contribution in [0, 0.1) is 46.3 Å². The predicted molar refractivity (Wildman–Crippen MR) is 244 cm³/mol. The van der Waals surface area contributed by atoms with Crippen molar-refractivity contribution < 1.29 is 109 Å². The number of hydrogen-bond acceptors (Lipinski definition) is 22. The van der Waals surface area contributed by atoms with Crippen molar-refractivity contribution in [2.24, 2.45) is 46.3 Å². The summed E-state index contributed by atoms with van der Waals surface area (Å²) in [5, 5.41) is 136. The molecule has 29 atom stereocenters. The summed E-state index contributed by atoms with van der Waals surface area (Å²) in [7, 11) is 0.